The van der Waals surface area contributed by atoms with E-state index in [2.05, 4.69) is 15.0 Å². The molecular formula is C22H18ClF3N6O3S. The zero-order valence-corrected chi connectivity index (χ0v) is 20.1. The first kappa shape index (κ1) is 25.6. The van der Waals surface area contributed by atoms with Gasteiger partial charge in [0.15, 0.2) is 15.6 Å². The van der Waals surface area contributed by atoms with Gasteiger partial charge in [0.1, 0.15) is 11.9 Å². The number of hydrogen-bond donors (Lipinski definition) is 0. The SMILES string of the molecule is N#Cc1ncc(C(=O)CCC(F)(F)F)c(N2CC[C@H](S(=O)(=O)c3ccc(-n4ccnc4)cc3Cl)C2)n1. The van der Waals surface area contributed by atoms with E-state index in [0.717, 1.165) is 6.20 Å². The number of halogens is 4. The average Bonchev–Trinajstić information content (AvgIpc) is 3.54. The average molecular weight is 539 g/mol. The van der Waals surface area contributed by atoms with Crippen LogP contribution in [0.5, 0.6) is 0 Å². The Bertz CT molecular complexity index is 1440. The lowest BCUT2D eigenvalue weighted by Gasteiger charge is -2.20. The molecule has 0 spiro atoms. The third-order valence-electron chi connectivity index (χ3n) is 5.71. The topological polar surface area (TPSA) is 122 Å². The Morgan fingerprint density at radius 3 is 2.72 bits per heavy atom. The van der Waals surface area contributed by atoms with Crippen molar-refractivity contribution in [3.63, 3.8) is 0 Å². The second-order valence-electron chi connectivity index (χ2n) is 8.07. The van der Waals surface area contributed by atoms with Gasteiger partial charge in [-0.05, 0) is 24.6 Å². The number of anilines is 1. The van der Waals surface area contributed by atoms with Crippen LogP contribution in [0.15, 0.2) is 48.0 Å². The molecule has 188 valence electrons. The molecular weight excluding hydrogens is 521 g/mol. The molecule has 0 saturated carbocycles. The number of sulfone groups is 1. The summed E-state index contributed by atoms with van der Waals surface area (Å²) in [5.74, 6) is -1.20. The first-order valence-corrected chi connectivity index (χ1v) is 12.6. The van der Waals surface area contributed by atoms with Crippen molar-refractivity contribution in [3.8, 4) is 11.8 Å². The van der Waals surface area contributed by atoms with E-state index in [0.29, 0.717) is 5.69 Å². The largest absolute Gasteiger partial charge is 0.389 e. The number of imidazole rings is 1. The predicted molar refractivity (Wildman–Crippen MR) is 123 cm³/mol. The fourth-order valence-electron chi connectivity index (χ4n) is 3.90. The molecule has 0 unspecified atom stereocenters. The van der Waals surface area contributed by atoms with Gasteiger partial charge < -0.3 is 9.47 Å². The second kappa shape index (κ2) is 9.87. The van der Waals surface area contributed by atoms with Crippen LogP contribution in [0, 0.1) is 11.3 Å². The maximum atomic E-state index is 13.4. The van der Waals surface area contributed by atoms with Gasteiger partial charge >= 0.3 is 6.18 Å². The summed E-state index contributed by atoms with van der Waals surface area (Å²) in [6.07, 6.45) is -0.715. The van der Waals surface area contributed by atoms with Crippen molar-refractivity contribution in [2.24, 2.45) is 0 Å². The molecule has 1 aliphatic rings. The number of ketones is 1. The number of benzene rings is 1. The van der Waals surface area contributed by atoms with Crippen LogP contribution in [0.4, 0.5) is 19.0 Å². The van der Waals surface area contributed by atoms with Crippen LogP contribution in [0.3, 0.4) is 0 Å². The molecule has 3 heterocycles. The molecule has 36 heavy (non-hydrogen) atoms. The molecule has 1 atom stereocenters. The highest BCUT2D eigenvalue weighted by atomic mass is 35.5. The highest BCUT2D eigenvalue weighted by Gasteiger charge is 2.38. The minimum absolute atomic E-state index is 0.0245. The number of nitrogens with zero attached hydrogens (tertiary/aromatic N) is 6. The molecule has 2 aromatic heterocycles. The third-order valence-corrected chi connectivity index (χ3v) is 8.37. The Hall–Kier alpha value is -3.50. The summed E-state index contributed by atoms with van der Waals surface area (Å²) >= 11 is 6.32. The van der Waals surface area contributed by atoms with Gasteiger partial charge in [-0.1, -0.05) is 11.6 Å². The Morgan fingerprint density at radius 1 is 1.31 bits per heavy atom. The third kappa shape index (κ3) is 5.34. The van der Waals surface area contributed by atoms with Crippen molar-refractivity contribution >= 4 is 33.0 Å². The molecule has 0 aliphatic carbocycles. The van der Waals surface area contributed by atoms with E-state index in [1.165, 1.54) is 17.0 Å². The van der Waals surface area contributed by atoms with Crippen molar-refractivity contribution in [1.82, 2.24) is 19.5 Å². The van der Waals surface area contributed by atoms with Gasteiger partial charge in [-0.15, -0.1) is 0 Å². The van der Waals surface area contributed by atoms with Crippen molar-refractivity contribution < 1.29 is 26.4 Å². The van der Waals surface area contributed by atoms with Gasteiger partial charge in [0.25, 0.3) is 0 Å². The van der Waals surface area contributed by atoms with Crippen LogP contribution in [-0.2, 0) is 9.84 Å². The van der Waals surface area contributed by atoms with E-state index < -0.39 is 39.9 Å². The first-order chi connectivity index (χ1) is 17.0. The summed E-state index contributed by atoms with van der Waals surface area (Å²) < 4.78 is 66.3. The van der Waals surface area contributed by atoms with E-state index in [-0.39, 0.29) is 46.6 Å². The summed E-state index contributed by atoms with van der Waals surface area (Å²) in [5, 5.41) is 8.25. The van der Waals surface area contributed by atoms with Gasteiger partial charge in [0.05, 0.1) is 33.5 Å². The molecule has 0 radical (unpaired) electrons. The quantitative estimate of drug-likeness (QED) is 0.417. The van der Waals surface area contributed by atoms with Crippen LogP contribution in [-0.4, -0.2) is 58.2 Å². The summed E-state index contributed by atoms with van der Waals surface area (Å²) in [4.78, 5) is 25.6. The number of rotatable bonds is 7. The number of carbonyl (C=O) groups excluding carboxylic acids is 1. The predicted octanol–water partition coefficient (Wildman–Crippen LogP) is 3.77. The van der Waals surface area contributed by atoms with Crippen molar-refractivity contribution in [1.29, 1.82) is 5.26 Å². The van der Waals surface area contributed by atoms with Crippen LogP contribution < -0.4 is 4.90 Å². The van der Waals surface area contributed by atoms with Gasteiger partial charge in [0, 0.05) is 43.8 Å². The fraction of sp³-hybridized carbons (Fsp3) is 0.318. The molecule has 1 aliphatic heterocycles. The van der Waals surface area contributed by atoms with Crippen molar-refractivity contribution in [2.75, 3.05) is 18.0 Å². The molecule has 0 amide bonds. The molecule has 3 aromatic rings. The Kier molecular flexibility index (Phi) is 7.01. The number of nitriles is 1. The highest BCUT2D eigenvalue weighted by molar-refractivity contribution is 7.92. The van der Waals surface area contributed by atoms with E-state index in [4.69, 9.17) is 16.9 Å². The lowest BCUT2D eigenvalue weighted by atomic mass is 10.1. The Morgan fingerprint density at radius 2 is 2.08 bits per heavy atom. The lowest BCUT2D eigenvalue weighted by molar-refractivity contribution is -0.133. The zero-order valence-electron chi connectivity index (χ0n) is 18.5. The van der Waals surface area contributed by atoms with Crippen LogP contribution in [0.25, 0.3) is 5.69 Å². The summed E-state index contributed by atoms with van der Waals surface area (Å²) in [6, 6.07) is 6.22. The smallest absolute Gasteiger partial charge is 0.355 e. The van der Waals surface area contributed by atoms with Crippen molar-refractivity contribution in [2.45, 2.75) is 35.6 Å². The van der Waals surface area contributed by atoms with E-state index >= 15 is 0 Å². The van der Waals surface area contributed by atoms with Gasteiger partial charge in [-0.25, -0.2) is 23.4 Å². The van der Waals surface area contributed by atoms with Crippen LogP contribution >= 0.6 is 11.6 Å². The molecule has 9 nitrogen and oxygen atoms in total. The first-order valence-electron chi connectivity index (χ1n) is 10.6. The molecule has 1 saturated heterocycles. The number of carbonyl (C=O) groups is 1. The zero-order chi connectivity index (χ0) is 26.1. The number of hydrogen-bond acceptors (Lipinski definition) is 8. The Balaban J connectivity index is 1.59. The monoisotopic (exact) mass is 538 g/mol. The molecule has 0 N–H and O–H groups in total. The van der Waals surface area contributed by atoms with E-state index in [9.17, 15) is 26.4 Å². The normalized spacial score (nSPS) is 16.2. The minimum atomic E-state index is -4.53. The second-order valence-corrected chi connectivity index (χ2v) is 10.7. The summed E-state index contributed by atoms with van der Waals surface area (Å²) in [6.45, 7) is 0.0550. The molecule has 0 bridgehead atoms. The van der Waals surface area contributed by atoms with Gasteiger partial charge in [0.2, 0.25) is 5.82 Å². The van der Waals surface area contributed by atoms with Crippen LogP contribution in [0.2, 0.25) is 5.02 Å². The summed E-state index contributed by atoms with van der Waals surface area (Å²) in [5.41, 5.74) is 0.426. The van der Waals surface area contributed by atoms with Crippen molar-refractivity contribution in [3.05, 3.63) is 59.5 Å². The standard InChI is InChI=1S/C22H18ClF3N6O3S/c23-17-9-14(32-8-6-28-13-32)1-2-19(17)36(34,35)15-4-7-31(12-15)21-16(11-29-20(10-27)30-21)18(33)3-5-22(24,25)26/h1-2,6,8-9,11,13,15H,3-5,7,12H2/t15-/m0/s1. The van der Waals surface area contributed by atoms with Gasteiger partial charge in [-0.3, -0.25) is 4.79 Å². The number of Topliss-reactive ketones (excluding diaryl/α,β-unsaturated/α-hetero) is 1. The number of aromatic nitrogens is 4. The van der Waals surface area contributed by atoms with Crippen LogP contribution in [0.1, 0.15) is 35.4 Å². The minimum Gasteiger partial charge on any atom is -0.355 e. The fourth-order valence-corrected chi connectivity index (χ4v) is 6.14. The Labute approximate surface area is 209 Å². The highest BCUT2D eigenvalue weighted by Crippen LogP contribution is 2.33. The molecule has 1 fully saturated rings. The van der Waals surface area contributed by atoms with E-state index in [1.807, 2.05) is 0 Å². The molecule has 14 heteroatoms. The van der Waals surface area contributed by atoms with Gasteiger partial charge in [-0.2, -0.15) is 18.4 Å². The molecule has 4 rings (SSSR count). The van der Waals surface area contributed by atoms with E-state index in [1.54, 1.807) is 35.4 Å². The summed E-state index contributed by atoms with van der Waals surface area (Å²) in [7, 11) is -3.91. The molecule has 1 aromatic carbocycles. The lowest BCUT2D eigenvalue weighted by Crippen LogP contribution is -2.29. The maximum Gasteiger partial charge on any atom is 0.389 e. The maximum absolute atomic E-state index is 13.4. The number of alkyl halides is 3.